The van der Waals surface area contributed by atoms with Crippen molar-refractivity contribution in [3.05, 3.63) is 53.0 Å². The van der Waals surface area contributed by atoms with Crippen molar-refractivity contribution in [2.45, 2.75) is 18.9 Å². The van der Waals surface area contributed by atoms with Crippen LogP contribution in [0.15, 0.2) is 53.0 Å². The molecule has 0 aliphatic carbocycles. The second-order valence-electron chi connectivity index (χ2n) is 6.99. The van der Waals surface area contributed by atoms with Crippen LogP contribution in [0.25, 0.3) is 0 Å². The topological polar surface area (TPSA) is 61.9 Å². The van der Waals surface area contributed by atoms with Gasteiger partial charge in [-0.05, 0) is 67.9 Å². The molecule has 0 bridgehead atoms. The van der Waals surface area contributed by atoms with Gasteiger partial charge in [0.05, 0.1) is 12.6 Å². The maximum Gasteiger partial charge on any atom is 0.239 e. The molecular formula is C21H24BrN3O3. The number of carbonyl (C=O) groups excluding carboxylic acids is 2. The number of rotatable bonds is 6. The first kappa shape index (κ1) is 20.4. The van der Waals surface area contributed by atoms with Gasteiger partial charge < -0.3 is 15.0 Å². The Kier molecular flexibility index (Phi) is 6.70. The maximum absolute atomic E-state index is 12.4. The molecule has 2 amide bonds. The van der Waals surface area contributed by atoms with Gasteiger partial charge in [0, 0.05) is 24.3 Å². The van der Waals surface area contributed by atoms with Crippen molar-refractivity contribution in [3.8, 4) is 11.5 Å². The lowest BCUT2D eigenvalue weighted by Gasteiger charge is -2.25. The van der Waals surface area contributed by atoms with E-state index in [1.165, 1.54) is 0 Å². The number of anilines is 1. The van der Waals surface area contributed by atoms with Gasteiger partial charge in [-0.15, -0.1) is 0 Å². The highest BCUT2D eigenvalue weighted by molar-refractivity contribution is 9.10. The molecule has 148 valence electrons. The predicted molar refractivity (Wildman–Crippen MR) is 113 cm³/mol. The maximum atomic E-state index is 12.4. The van der Waals surface area contributed by atoms with Gasteiger partial charge in [0.2, 0.25) is 11.8 Å². The minimum Gasteiger partial charge on any atom is -0.457 e. The molecule has 7 heteroatoms. The molecule has 1 fully saturated rings. The molecule has 1 saturated heterocycles. The van der Waals surface area contributed by atoms with Gasteiger partial charge in [-0.3, -0.25) is 14.5 Å². The SMILES string of the molecule is CN(C)C(=O)C1CCCN1CC(=O)Nc1ccc(Oc2ccc(Br)cc2)cc1. The van der Waals surface area contributed by atoms with Crippen LogP contribution >= 0.6 is 15.9 Å². The number of halogens is 1. The van der Waals surface area contributed by atoms with E-state index >= 15 is 0 Å². The molecule has 6 nitrogen and oxygen atoms in total. The molecule has 1 atom stereocenters. The quantitative estimate of drug-likeness (QED) is 0.735. The molecule has 3 rings (SSSR count). The van der Waals surface area contributed by atoms with Crippen LogP contribution in [0.2, 0.25) is 0 Å². The van der Waals surface area contributed by atoms with Gasteiger partial charge in [0.1, 0.15) is 11.5 Å². The predicted octanol–water partition coefficient (Wildman–Crippen LogP) is 3.73. The smallest absolute Gasteiger partial charge is 0.239 e. The van der Waals surface area contributed by atoms with Crippen molar-refractivity contribution < 1.29 is 14.3 Å². The van der Waals surface area contributed by atoms with Crippen LogP contribution in [0, 0.1) is 0 Å². The van der Waals surface area contributed by atoms with Gasteiger partial charge in [-0.1, -0.05) is 15.9 Å². The number of likely N-dealkylation sites (N-methyl/N-ethyl adjacent to an activating group) is 1. The van der Waals surface area contributed by atoms with Crippen LogP contribution in [-0.2, 0) is 9.59 Å². The molecule has 28 heavy (non-hydrogen) atoms. The van der Waals surface area contributed by atoms with Gasteiger partial charge in [-0.25, -0.2) is 0 Å². The Morgan fingerprint density at radius 2 is 1.71 bits per heavy atom. The van der Waals surface area contributed by atoms with Crippen LogP contribution in [-0.4, -0.2) is 54.8 Å². The molecule has 0 saturated carbocycles. The summed E-state index contributed by atoms with van der Waals surface area (Å²) in [5, 5.41) is 2.89. The first-order valence-electron chi connectivity index (χ1n) is 9.21. The number of hydrogen-bond donors (Lipinski definition) is 1. The highest BCUT2D eigenvalue weighted by atomic mass is 79.9. The van der Waals surface area contributed by atoms with Crippen molar-refractivity contribution in [3.63, 3.8) is 0 Å². The zero-order chi connectivity index (χ0) is 20.1. The highest BCUT2D eigenvalue weighted by Crippen LogP contribution is 2.25. The summed E-state index contributed by atoms with van der Waals surface area (Å²) in [6.45, 7) is 0.971. The van der Waals surface area contributed by atoms with Crippen molar-refractivity contribution in [2.24, 2.45) is 0 Å². The molecule has 0 radical (unpaired) electrons. The summed E-state index contributed by atoms with van der Waals surface area (Å²) in [6.07, 6.45) is 1.73. The van der Waals surface area contributed by atoms with Gasteiger partial charge in [-0.2, -0.15) is 0 Å². The molecule has 0 spiro atoms. The molecule has 1 aliphatic heterocycles. The zero-order valence-electron chi connectivity index (χ0n) is 16.0. The van der Waals surface area contributed by atoms with E-state index in [9.17, 15) is 9.59 Å². The summed E-state index contributed by atoms with van der Waals surface area (Å²) in [7, 11) is 3.49. The van der Waals surface area contributed by atoms with Crippen molar-refractivity contribution in [2.75, 3.05) is 32.5 Å². The minimum absolute atomic E-state index is 0.0553. The van der Waals surface area contributed by atoms with E-state index in [0.29, 0.717) is 11.4 Å². The number of nitrogens with zero attached hydrogens (tertiary/aromatic N) is 2. The summed E-state index contributed by atoms with van der Waals surface area (Å²) in [4.78, 5) is 28.2. The Labute approximate surface area is 173 Å². The fourth-order valence-corrected chi connectivity index (χ4v) is 3.49. The van der Waals surface area contributed by atoms with Crippen LogP contribution in [0.3, 0.4) is 0 Å². The number of benzene rings is 2. The van der Waals surface area contributed by atoms with E-state index in [1.54, 1.807) is 31.1 Å². The van der Waals surface area contributed by atoms with E-state index < -0.39 is 0 Å². The number of amides is 2. The number of carbonyl (C=O) groups is 2. The van der Waals surface area contributed by atoms with E-state index in [-0.39, 0.29) is 24.4 Å². The largest absolute Gasteiger partial charge is 0.457 e. The van der Waals surface area contributed by atoms with Crippen LogP contribution in [0.1, 0.15) is 12.8 Å². The summed E-state index contributed by atoms with van der Waals surface area (Å²) >= 11 is 3.39. The summed E-state index contributed by atoms with van der Waals surface area (Å²) in [5.74, 6) is 1.36. The fraction of sp³-hybridized carbons (Fsp3) is 0.333. The summed E-state index contributed by atoms with van der Waals surface area (Å²) in [5.41, 5.74) is 0.697. The lowest BCUT2D eigenvalue weighted by molar-refractivity contribution is -0.133. The lowest BCUT2D eigenvalue weighted by atomic mass is 10.2. The van der Waals surface area contributed by atoms with Gasteiger partial charge >= 0.3 is 0 Å². The number of hydrogen-bond acceptors (Lipinski definition) is 4. The molecule has 1 N–H and O–H groups in total. The van der Waals surface area contributed by atoms with Crippen molar-refractivity contribution >= 4 is 33.4 Å². The molecule has 2 aromatic rings. The number of nitrogens with one attached hydrogen (secondary N) is 1. The number of ether oxygens (including phenoxy) is 1. The second kappa shape index (κ2) is 9.21. The van der Waals surface area contributed by atoms with Crippen molar-refractivity contribution in [1.29, 1.82) is 0 Å². The average Bonchev–Trinajstić information content (AvgIpc) is 3.12. The minimum atomic E-state index is -0.206. The first-order valence-corrected chi connectivity index (χ1v) is 10.0. The third kappa shape index (κ3) is 5.33. The third-order valence-corrected chi connectivity index (χ3v) is 5.15. The Bertz CT molecular complexity index is 822. The average molecular weight is 446 g/mol. The van der Waals surface area contributed by atoms with Crippen LogP contribution in [0.5, 0.6) is 11.5 Å². The first-order chi connectivity index (χ1) is 13.4. The molecule has 0 aromatic heterocycles. The van der Waals surface area contributed by atoms with E-state index in [0.717, 1.165) is 29.6 Å². The molecule has 2 aromatic carbocycles. The van der Waals surface area contributed by atoms with E-state index in [2.05, 4.69) is 21.2 Å². The Balaban J connectivity index is 1.54. The monoisotopic (exact) mass is 445 g/mol. The normalized spacial score (nSPS) is 16.6. The van der Waals surface area contributed by atoms with E-state index in [4.69, 9.17) is 4.74 Å². The molecular weight excluding hydrogens is 422 g/mol. The summed E-state index contributed by atoms with van der Waals surface area (Å²) < 4.78 is 6.77. The van der Waals surface area contributed by atoms with Gasteiger partial charge in [0.15, 0.2) is 0 Å². The fourth-order valence-electron chi connectivity index (χ4n) is 3.22. The highest BCUT2D eigenvalue weighted by Gasteiger charge is 2.32. The lowest BCUT2D eigenvalue weighted by Crippen LogP contribution is -2.45. The Morgan fingerprint density at radius 1 is 1.11 bits per heavy atom. The van der Waals surface area contributed by atoms with Crippen molar-refractivity contribution in [1.82, 2.24) is 9.80 Å². The second-order valence-corrected chi connectivity index (χ2v) is 7.91. The summed E-state index contributed by atoms with van der Waals surface area (Å²) in [6, 6.07) is 14.6. The molecule has 1 unspecified atom stereocenters. The Hall–Kier alpha value is -2.38. The van der Waals surface area contributed by atoms with Crippen LogP contribution in [0.4, 0.5) is 5.69 Å². The molecule has 1 heterocycles. The number of likely N-dealkylation sites (tertiary alicyclic amines) is 1. The van der Waals surface area contributed by atoms with Crippen LogP contribution < -0.4 is 10.1 Å². The third-order valence-electron chi connectivity index (χ3n) is 4.62. The Morgan fingerprint density at radius 3 is 2.32 bits per heavy atom. The molecule has 1 aliphatic rings. The zero-order valence-corrected chi connectivity index (χ0v) is 17.6. The van der Waals surface area contributed by atoms with E-state index in [1.807, 2.05) is 41.3 Å². The van der Waals surface area contributed by atoms with Gasteiger partial charge in [0.25, 0.3) is 0 Å². The standard InChI is InChI=1S/C21H24BrN3O3/c1-24(2)21(27)19-4-3-13-25(19)14-20(26)23-16-7-11-18(12-8-16)28-17-9-5-15(22)6-10-17/h5-12,19H,3-4,13-14H2,1-2H3,(H,23,26).